The largest absolute Gasteiger partial charge is 0.494 e. The summed E-state index contributed by atoms with van der Waals surface area (Å²) in [6.07, 6.45) is 5.07. The quantitative estimate of drug-likeness (QED) is 0.518. The number of ether oxygens (including phenoxy) is 1. The molecule has 1 amide bonds. The molecule has 1 heterocycles. The van der Waals surface area contributed by atoms with Gasteiger partial charge in [0.05, 0.1) is 6.61 Å². The van der Waals surface area contributed by atoms with Crippen molar-refractivity contribution < 1.29 is 14.3 Å². The van der Waals surface area contributed by atoms with Gasteiger partial charge in [-0.05, 0) is 37.1 Å². The second kappa shape index (κ2) is 8.57. The summed E-state index contributed by atoms with van der Waals surface area (Å²) in [4.78, 5) is 25.6. The molecule has 0 radical (unpaired) electrons. The van der Waals surface area contributed by atoms with Crippen LogP contribution in [0.5, 0.6) is 5.75 Å². The molecule has 0 aromatic heterocycles. The second-order valence-corrected chi connectivity index (χ2v) is 5.74. The molecule has 1 aliphatic heterocycles. The predicted octanol–water partition coefficient (Wildman–Crippen LogP) is 3.45. The van der Waals surface area contributed by atoms with Crippen molar-refractivity contribution in [1.29, 1.82) is 0 Å². The van der Waals surface area contributed by atoms with Gasteiger partial charge in [0.25, 0.3) is 0 Å². The summed E-state index contributed by atoms with van der Waals surface area (Å²) in [6.45, 7) is 4.56. The number of nitrogens with zero attached hydrogens (tertiary/aromatic N) is 1. The fourth-order valence-corrected chi connectivity index (χ4v) is 2.37. The third-order valence-electron chi connectivity index (χ3n) is 3.97. The Morgan fingerprint density at radius 3 is 2.41 bits per heavy atom. The van der Waals surface area contributed by atoms with E-state index < -0.39 is 0 Å². The molecule has 2 rings (SSSR count). The van der Waals surface area contributed by atoms with E-state index in [4.69, 9.17) is 4.74 Å². The summed E-state index contributed by atoms with van der Waals surface area (Å²) in [5.74, 6) is 0.909. The van der Waals surface area contributed by atoms with Crippen LogP contribution in [0.1, 0.15) is 55.8 Å². The van der Waals surface area contributed by atoms with Gasteiger partial charge in [-0.2, -0.15) is 0 Å². The highest BCUT2D eigenvalue weighted by atomic mass is 16.5. The number of ketones is 1. The first-order valence-corrected chi connectivity index (χ1v) is 8.24. The second-order valence-electron chi connectivity index (χ2n) is 5.74. The van der Waals surface area contributed by atoms with E-state index >= 15 is 0 Å². The molecule has 0 N–H and O–H groups in total. The molecule has 0 saturated carbocycles. The zero-order valence-corrected chi connectivity index (χ0v) is 13.3. The molecule has 120 valence electrons. The maximum absolute atomic E-state index is 12.1. The molecule has 0 bridgehead atoms. The maximum atomic E-state index is 12.1. The minimum Gasteiger partial charge on any atom is -0.494 e. The predicted molar refractivity (Wildman–Crippen MR) is 86.2 cm³/mol. The highest BCUT2D eigenvalue weighted by Gasteiger charge is 2.20. The molecule has 0 atom stereocenters. The van der Waals surface area contributed by atoms with Crippen LogP contribution in [0.4, 0.5) is 0 Å². The van der Waals surface area contributed by atoms with E-state index in [9.17, 15) is 9.59 Å². The van der Waals surface area contributed by atoms with Gasteiger partial charge >= 0.3 is 0 Å². The van der Waals surface area contributed by atoms with Crippen LogP contribution in [0, 0.1) is 0 Å². The van der Waals surface area contributed by atoms with Crippen LogP contribution in [0.3, 0.4) is 0 Å². The Bertz CT molecular complexity index is 492. The minimum atomic E-state index is 0.0198. The summed E-state index contributed by atoms with van der Waals surface area (Å²) < 4.78 is 5.62. The van der Waals surface area contributed by atoms with Crippen LogP contribution >= 0.6 is 0 Å². The summed E-state index contributed by atoms with van der Waals surface area (Å²) in [6, 6.07) is 7.23. The van der Waals surface area contributed by atoms with Crippen molar-refractivity contribution in [3.8, 4) is 5.75 Å². The zero-order chi connectivity index (χ0) is 15.8. The van der Waals surface area contributed by atoms with Crippen molar-refractivity contribution >= 4 is 11.7 Å². The van der Waals surface area contributed by atoms with Crippen LogP contribution < -0.4 is 4.74 Å². The van der Waals surface area contributed by atoms with E-state index in [0.717, 1.165) is 31.7 Å². The van der Waals surface area contributed by atoms with Gasteiger partial charge in [-0.25, -0.2) is 0 Å². The lowest BCUT2D eigenvalue weighted by atomic mass is 10.1. The van der Waals surface area contributed by atoms with Crippen molar-refractivity contribution in [2.75, 3.05) is 19.7 Å². The lowest BCUT2D eigenvalue weighted by Crippen LogP contribution is -2.42. The number of rotatable bonds is 9. The summed E-state index contributed by atoms with van der Waals surface area (Å²) in [5.41, 5.74) is 0.650. The molecule has 1 aromatic rings. The Labute approximate surface area is 132 Å². The number of Topliss-reactive ketones (excluding diaryl/α,β-unsaturated/α-hetero) is 1. The van der Waals surface area contributed by atoms with E-state index in [1.165, 1.54) is 12.8 Å². The van der Waals surface area contributed by atoms with Crippen molar-refractivity contribution in [2.45, 2.75) is 45.4 Å². The number of unbranched alkanes of at least 4 members (excludes halogenated alkanes) is 2. The first kappa shape index (κ1) is 16.5. The molecule has 4 nitrogen and oxygen atoms in total. The number of carbonyl (C=O) groups excluding carboxylic acids is 2. The highest BCUT2D eigenvalue weighted by molar-refractivity contribution is 5.98. The Morgan fingerprint density at radius 2 is 1.82 bits per heavy atom. The van der Waals surface area contributed by atoms with Crippen molar-refractivity contribution in [1.82, 2.24) is 4.90 Å². The number of benzene rings is 1. The Morgan fingerprint density at radius 1 is 1.09 bits per heavy atom. The van der Waals surface area contributed by atoms with Crippen LogP contribution in [0.2, 0.25) is 0 Å². The van der Waals surface area contributed by atoms with Gasteiger partial charge in [0.1, 0.15) is 5.75 Å². The van der Waals surface area contributed by atoms with Gasteiger partial charge in [0.15, 0.2) is 5.78 Å². The highest BCUT2D eigenvalue weighted by Crippen LogP contribution is 2.16. The molecule has 22 heavy (non-hydrogen) atoms. The van der Waals surface area contributed by atoms with Crippen molar-refractivity contribution in [3.05, 3.63) is 29.8 Å². The summed E-state index contributed by atoms with van der Waals surface area (Å²) in [5, 5.41) is 0. The van der Waals surface area contributed by atoms with Gasteiger partial charge in [-0.3, -0.25) is 9.59 Å². The van der Waals surface area contributed by atoms with Crippen LogP contribution in [-0.2, 0) is 4.79 Å². The number of carbonyl (C=O) groups is 2. The maximum Gasteiger partial charge on any atom is 0.223 e. The standard InChI is InChI=1S/C18H25NO3/c1-2-3-4-14-22-16-8-6-15(7-9-16)17(20)10-11-18(21)19-12-5-13-19/h6-9H,2-5,10-14H2,1H3. The smallest absolute Gasteiger partial charge is 0.223 e. The van der Waals surface area contributed by atoms with Crippen LogP contribution in [0.25, 0.3) is 0 Å². The number of hydrogen-bond donors (Lipinski definition) is 0. The number of amides is 1. The SMILES string of the molecule is CCCCCOc1ccc(C(=O)CCC(=O)N2CCC2)cc1. The zero-order valence-electron chi connectivity index (χ0n) is 13.3. The average Bonchev–Trinajstić information content (AvgIpc) is 2.48. The van der Waals surface area contributed by atoms with Crippen LogP contribution in [0.15, 0.2) is 24.3 Å². The monoisotopic (exact) mass is 303 g/mol. The summed E-state index contributed by atoms with van der Waals surface area (Å²) in [7, 11) is 0. The topological polar surface area (TPSA) is 46.6 Å². The molecule has 1 aromatic carbocycles. The molecule has 1 aliphatic rings. The molecule has 0 spiro atoms. The normalized spacial score (nSPS) is 13.6. The van der Waals surface area contributed by atoms with E-state index in [1.807, 2.05) is 12.1 Å². The molecular formula is C18H25NO3. The number of hydrogen-bond acceptors (Lipinski definition) is 3. The Balaban J connectivity index is 1.74. The lowest BCUT2D eigenvalue weighted by molar-refractivity contribution is -0.134. The van der Waals surface area contributed by atoms with Gasteiger partial charge < -0.3 is 9.64 Å². The molecular weight excluding hydrogens is 278 g/mol. The first-order valence-electron chi connectivity index (χ1n) is 8.24. The Hall–Kier alpha value is -1.84. The minimum absolute atomic E-state index is 0.0198. The van der Waals surface area contributed by atoms with Crippen molar-refractivity contribution in [3.63, 3.8) is 0 Å². The fraction of sp³-hybridized carbons (Fsp3) is 0.556. The van der Waals surface area contributed by atoms with E-state index in [2.05, 4.69) is 6.92 Å². The average molecular weight is 303 g/mol. The van der Waals surface area contributed by atoms with Crippen molar-refractivity contribution in [2.24, 2.45) is 0 Å². The van der Waals surface area contributed by atoms with E-state index in [0.29, 0.717) is 18.6 Å². The molecule has 1 fully saturated rings. The van der Waals surface area contributed by atoms with Gasteiger partial charge in [-0.1, -0.05) is 19.8 Å². The first-order chi connectivity index (χ1) is 10.7. The van der Waals surface area contributed by atoms with E-state index in [1.54, 1.807) is 17.0 Å². The van der Waals surface area contributed by atoms with Gasteiger partial charge in [0.2, 0.25) is 5.91 Å². The third-order valence-corrected chi connectivity index (χ3v) is 3.97. The molecule has 1 saturated heterocycles. The fourth-order valence-electron chi connectivity index (χ4n) is 2.37. The third kappa shape index (κ3) is 4.86. The number of likely N-dealkylation sites (tertiary alicyclic amines) is 1. The molecule has 4 heteroatoms. The van der Waals surface area contributed by atoms with Gasteiger partial charge in [-0.15, -0.1) is 0 Å². The molecule has 0 unspecified atom stereocenters. The lowest BCUT2D eigenvalue weighted by Gasteiger charge is -2.30. The van der Waals surface area contributed by atoms with Gasteiger partial charge in [0, 0.05) is 31.5 Å². The van der Waals surface area contributed by atoms with E-state index in [-0.39, 0.29) is 18.1 Å². The van der Waals surface area contributed by atoms with Crippen LogP contribution in [-0.4, -0.2) is 36.3 Å². The summed E-state index contributed by atoms with van der Waals surface area (Å²) >= 11 is 0. The Kier molecular flexibility index (Phi) is 6.44. The molecule has 0 aliphatic carbocycles.